The monoisotopic (exact) mass is 321 g/mol. The van der Waals surface area contributed by atoms with Gasteiger partial charge in [0.15, 0.2) is 4.34 Å². The van der Waals surface area contributed by atoms with E-state index < -0.39 is 0 Å². The van der Waals surface area contributed by atoms with E-state index in [1.807, 2.05) is 12.1 Å². The molecule has 98 valence electrons. The second-order valence-electron chi connectivity index (χ2n) is 3.29. The molecule has 2 aromatic heterocycles. The summed E-state index contributed by atoms with van der Waals surface area (Å²) in [6, 6.07) is 3.96. The van der Waals surface area contributed by atoms with Crippen LogP contribution in [0.15, 0.2) is 16.5 Å². The van der Waals surface area contributed by atoms with E-state index in [1.54, 1.807) is 41.5 Å². The molecule has 0 aliphatic carbocycles. The lowest BCUT2D eigenvalue weighted by molar-refractivity contribution is 0.211. The third-order valence-corrected chi connectivity index (χ3v) is 5.43. The van der Waals surface area contributed by atoms with Crippen LogP contribution in [0.3, 0.4) is 0 Å². The standard InChI is InChI=1S/C10H12ClN3OS3/c1-15-5-4-12-9-13-14-10(18-9)16-6-7-2-3-8(11)17-7/h2-3H,4-6H2,1H3,(H,12,13). The van der Waals surface area contributed by atoms with Crippen LogP contribution in [-0.4, -0.2) is 30.5 Å². The number of hydrogen-bond acceptors (Lipinski definition) is 7. The van der Waals surface area contributed by atoms with Crippen LogP contribution < -0.4 is 5.32 Å². The van der Waals surface area contributed by atoms with Crippen molar-refractivity contribution in [2.24, 2.45) is 0 Å². The van der Waals surface area contributed by atoms with Crippen molar-refractivity contribution >= 4 is 51.2 Å². The number of thioether (sulfide) groups is 1. The van der Waals surface area contributed by atoms with Crippen molar-refractivity contribution in [3.05, 3.63) is 21.3 Å². The Morgan fingerprint density at radius 2 is 2.28 bits per heavy atom. The summed E-state index contributed by atoms with van der Waals surface area (Å²) in [5, 5.41) is 12.2. The Balaban J connectivity index is 1.79. The van der Waals surface area contributed by atoms with Crippen LogP contribution in [-0.2, 0) is 10.5 Å². The summed E-state index contributed by atoms with van der Waals surface area (Å²) < 4.78 is 6.74. The molecule has 0 saturated heterocycles. The van der Waals surface area contributed by atoms with Gasteiger partial charge in [-0.25, -0.2) is 0 Å². The zero-order chi connectivity index (χ0) is 12.8. The molecule has 0 amide bonds. The lowest BCUT2D eigenvalue weighted by Crippen LogP contribution is -2.06. The van der Waals surface area contributed by atoms with E-state index in [2.05, 4.69) is 15.5 Å². The molecule has 0 aliphatic rings. The number of nitrogens with one attached hydrogen (secondary N) is 1. The SMILES string of the molecule is COCCNc1nnc(SCc2ccc(Cl)s2)s1. The number of nitrogens with zero attached hydrogens (tertiary/aromatic N) is 2. The molecule has 0 atom stereocenters. The maximum absolute atomic E-state index is 5.88. The highest BCUT2D eigenvalue weighted by atomic mass is 35.5. The number of thiophene rings is 1. The Bertz CT molecular complexity index is 488. The van der Waals surface area contributed by atoms with Gasteiger partial charge < -0.3 is 10.1 Å². The maximum atomic E-state index is 5.88. The topological polar surface area (TPSA) is 47.0 Å². The van der Waals surface area contributed by atoms with Crippen molar-refractivity contribution in [1.29, 1.82) is 0 Å². The predicted octanol–water partition coefficient (Wildman–Crippen LogP) is 3.60. The third-order valence-electron chi connectivity index (χ3n) is 1.96. The van der Waals surface area contributed by atoms with Crippen LogP contribution in [0.4, 0.5) is 5.13 Å². The van der Waals surface area contributed by atoms with E-state index >= 15 is 0 Å². The summed E-state index contributed by atoms with van der Waals surface area (Å²) in [5.41, 5.74) is 0. The minimum atomic E-state index is 0.662. The van der Waals surface area contributed by atoms with E-state index in [0.29, 0.717) is 6.61 Å². The number of aromatic nitrogens is 2. The molecule has 8 heteroatoms. The Hall–Kier alpha value is -0.340. The lowest BCUT2D eigenvalue weighted by atomic mass is 10.5. The van der Waals surface area contributed by atoms with Crippen LogP contribution in [0.25, 0.3) is 0 Å². The summed E-state index contributed by atoms with van der Waals surface area (Å²) in [6.45, 7) is 1.41. The average Bonchev–Trinajstić information content (AvgIpc) is 2.96. The van der Waals surface area contributed by atoms with Gasteiger partial charge in [0, 0.05) is 24.3 Å². The Labute approximate surface area is 123 Å². The number of halogens is 1. The van der Waals surface area contributed by atoms with Gasteiger partial charge in [-0.05, 0) is 12.1 Å². The first-order valence-corrected chi connectivity index (χ1v) is 8.21. The molecule has 4 nitrogen and oxygen atoms in total. The van der Waals surface area contributed by atoms with Gasteiger partial charge in [0.05, 0.1) is 10.9 Å². The molecule has 0 aliphatic heterocycles. The Morgan fingerprint density at radius 1 is 1.39 bits per heavy atom. The smallest absolute Gasteiger partial charge is 0.206 e. The minimum Gasteiger partial charge on any atom is -0.383 e. The van der Waals surface area contributed by atoms with Crippen LogP contribution in [0.2, 0.25) is 4.34 Å². The lowest BCUT2D eigenvalue weighted by Gasteiger charge is -1.98. The molecular formula is C10H12ClN3OS3. The molecule has 0 saturated carbocycles. The molecule has 0 fully saturated rings. The normalized spacial score (nSPS) is 10.8. The number of methoxy groups -OCH3 is 1. The largest absolute Gasteiger partial charge is 0.383 e. The maximum Gasteiger partial charge on any atom is 0.206 e. The van der Waals surface area contributed by atoms with Crippen molar-refractivity contribution in [3.63, 3.8) is 0 Å². The highest BCUT2D eigenvalue weighted by Gasteiger charge is 2.05. The number of rotatable bonds is 7. The van der Waals surface area contributed by atoms with E-state index in [1.165, 1.54) is 4.88 Å². The van der Waals surface area contributed by atoms with Crippen molar-refractivity contribution in [3.8, 4) is 0 Å². The highest BCUT2D eigenvalue weighted by Crippen LogP contribution is 2.31. The van der Waals surface area contributed by atoms with Gasteiger partial charge in [-0.2, -0.15) is 0 Å². The second kappa shape index (κ2) is 7.30. The van der Waals surface area contributed by atoms with Crippen molar-refractivity contribution in [1.82, 2.24) is 10.2 Å². The fourth-order valence-electron chi connectivity index (χ4n) is 1.16. The van der Waals surface area contributed by atoms with Gasteiger partial charge in [0.2, 0.25) is 5.13 Å². The molecule has 0 radical (unpaired) electrons. The molecular weight excluding hydrogens is 310 g/mol. The van der Waals surface area contributed by atoms with Gasteiger partial charge in [-0.1, -0.05) is 34.7 Å². The molecule has 1 N–H and O–H groups in total. The molecule has 18 heavy (non-hydrogen) atoms. The van der Waals surface area contributed by atoms with Crippen molar-refractivity contribution in [2.75, 3.05) is 25.6 Å². The molecule has 2 heterocycles. The van der Waals surface area contributed by atoms with Gasteiger partial charge in [-0.15, -0.1) is 21.5 Å². The van der Waals surface area contributed by atoms with E-state index in [4.69, 9.17) is 16.3 Å². The van der Waals surface area contributed by atoms with Crippen LogP contribution in [0, 0.1) is 0 Å². The van der Waals surface area contributed by atoms with E-state index in [9.17, 15) is 0 Å². The van der Waals surface area contributed by atoms with Gasteiger partial charge in [0.1, 0.15) is 0 Å². The predicted molar refractivity (Wildman–Crippen MR) is 79.2 cm³/mol. The first-order valence-electron chi connectivity index (χ1n) is 5.21. The second-order valence-corrected chi connectivity index (χ2v) is 7.29. The summed E-state index contributed by atoms with van der Waals surface area (Å²) >= 11 is 10.7. The fourth-order valence-corrected chi connectivity index (χ4v) is 4.07. The van der Waals surface area contributed by atoms with Crippen molar-refractivity contribution in [2.45, 2.75) is 10.1 Å². The quantitative estimate of drug-likeness (QED) is 0.623. The van der Waals surface area contributed by atoms with Gasteiger partial charge in [-0.3, -0.25) is 0 Å². The van der Waals surface area contributed by atoms with E-state index in [-0.39, 0.29) is 0 Å². The summed E-state index contributed by atoms with van der Waals surface area (Å²) in [7, 11) is 1.68. The fraction of sp³-hybridized carbons (Fsp3) is 0.400. The van der Waals surface area contributed by atoms with E-state index in [0.717, 1.165) is 26.1 Å². The third kappa shape index (κ3) is 4.40. The molecule has 2 rings (SSSR count). The number of ether oxygens (including phenoxy) is 1. The number of anilines is 1. The number of hydrogen-bond donors (Lipinski definition) is 1. The van der Waals surface area contributed by atoms with Crippen LogP contribution in [0.1, 0.15) is 4.88 Å². The molecule has 0 unspecified atom stereocenters. The highest BCUT2D eigenvalue weighted by molar-refractivity contribution is 8.00. The first-order chi connectivity index (χ1) is 8.78. The first kappa shape index (κ1) is 14.1. The Kier molecular flexibility index (Phi) is 5.71. The molecule has 0 spiro atoms. The zero-order valence-electron chi connectivity index (χ0n) is 9.68. The molecule has 0 bridgehead atoms. The summed E-state index contributed by atoms with van der Waals surface area (Å²) in [5.74, 6) is 0.879. The average molecular weight is 322 g/mol. The minimum absolute atomic E-state index is 0.662. The Morgan fingerprint density at radius 3 is 3.00 bits per heavy atom. The molecule has 2 aromatic rings. The van der Waals surface area contributed by atoms with Gasteiger partial charge >= 0.3 is 0 Å². The van der Waals surface area contributed by atoms with Crippen molar-refractivity contribution < 1.29 is 4.74 Å². The van der Waals surface area contributed by atoms with Gasteiger partial charge in [0.25, 0.3) is 0 Å². The zero-order valence-corrected chi connectivity index (χ0v) is 12.9. The summed E-state index contributed by atoms with van der Waals surface area (Å²) in [4.78, 5) is 1.24. The summed E-state index contributed by atoms with van der Waals surface area (Å²) in [6.07, 6.45) is 0. The van der Waals surface area contributed by atoms with Crippen LogP contribution in [0.5, 0.6) is 0 Å². The van der Waals surface area contributed by atoms with Crippen LogP contribution >= 0.6 is 46.0 Å². The molecule has 0 aromatic carbocycles.